The first-order valence-corrected chi connectivity index (χ1v) is 6.82. The van der Waals surface area contributed by atoms with Gasteiger partial charge in [0.05, 0.1) is 16.7 Å². The van der Waals surface area contributed by atoms with Gasteiger partial charge in [0.2, 0.25) is 0 Å². The zero-order valence-electron chi connectivity index (χ0n) is 10.7. The Hall–Kier alpha value is -2.40. The lowest BCUT2D eigenvalue weighted by Gasteiger charge is -1.97. The SMILES string of the molecule is Cc1occc1-c1nc(C(=O)O)c(-c2ccccc2)s1. The summed E-state index contributed by atoms with van der Waals surface area (Å²) in [7, 11) is 0. The summed E-state index contributed by atoms with van der Waals surface area (Å²) in [6.45, 7) is 1.83. The molecule has 100 valence electrons. The Labute approximate surface area is 119 Å². The molecule has 0 bridgehead atoms. The number of hydrogen-bond donors (Lipinski definition) is 1. The van der Waals surface area contributed by atoms with Crippen LogP contribution in [0.15, 0.2) is 47.1 Å². The second kappa shape index (κ2) is 4.94. The van der Waals surface area contributed by atoms with E-state index in [0.717, 1.165) is 16.9 Å². The van der Waals surface area contributed by atoms with Gasteiger partial charge in [-0.15, -0.1) is 11.3 Å². The number of benzene rings is 1. The first kappa shape index (κ1) is 12.6. The number of carboxylic acids is 1. The van der Waals surface area contributed by atoms with Crippen molar-refractivity contribution in [2.75, 3.05) is 0 Å². The molecule has 0 radical (unpaired) electrons. The fraction of sp³-hybridized carbons (Fsp3) is 0.0667. The van der Waals surface area contributed by atoms with Crippen molar-refractivity contribution < 1.29 is 14.3 Å². The number of thiazole rings is 1. The maximum absolute atomic E-state index is 11.4. The number of furan rings is 1. The van der Waals surface area contributed by atoms with E-state index in [4.69, 9.17) is 4.42 Å². The van der Waals surface area contributed by atoms with E-state index in [9.17, 15) is 9.90 Å². The van der Waals surface area contributed by atoms with Crippen LogP contribution in [0.5, 0.6) is 0 Å². The maximum Gasteiger partial charge on any atom is 0.356 e. The van der Waals surface area contributed by atoms with E-state index in [-0.39, 0.29) is 5.69 Å². The van der Waals surface area contributed by atoms with Gasteiger partial charge in [-0.05, 0) is 18.6 Å². The van der Waals surface area contributed by atoms with E-state index in [2.05, 4.69) is 4.98 Å². The minimum Gasteiger partial charge on any atom is -0.476 e. The highest BCUT2D eigenvalue weighted by Gasteiger charge is 2.20. The first-order chi connectivity index (χ1) is 9.66. The van der Waals surface area contributed by atoms with Gasteiger partial charge in [0.15, 0.2) is 5.69 Å². The Balaban J connectivity index is 2.18. The molecule has 20 heavy (non-hydrogen) atoms. The van der Waals surface area contributed by atoms with E-state index >= 15 is 0 Å². The fourth-order valence-electron chi connectivity index (χ4n) is 1.97. The van der Waals surface area contributed by atoms with Crippen LogP contribution in [-0.4, -0.2) is 16.1 Å². The molecule has 0 amide bonds. The molecule has 0 atom stereocenters. The lowest BCUT2D eigenvalue weighted by molar-refractivity contribution is 0.0692. The van der Waals surface area contributed by atoms with Gasteiger partial charge in [-0.3, -0.25) is 0 Å². The summed E-state index contributed by atoms with van der Waals surface area (Å²) in [6.07, 6.45) is 1.58. The van der Waals surface area contributed by atoms with Gasteiger partial charge >= 0.3 is 5.97 Å². The number of aromatic carboxylic acids is 1. The number of aromatic nitrogens is 1. The van der Waals surface area contributed by atoms with Crippen LogP contribution in [-0.2, 0) is 0 Å². The molecule has 1 N–H and O–H groups in total. The molecule has 3 aromatic rings. The summed E-state index contributed by atoms with van der Waals surface area (Å²) in [5.74, 6) is -0.289. The van der Waals surface area contributed by atoms with Crippen LogP contribution < -0.4 is 0 Å². The largest absolute Gasteiger partial charge is 0.476 e. The van der Waals surface area contributed by atoms with Crippen LogP contribution in [0.25, 0.3) is 21.0 Å². The highest BCUT2D eigenvalue weighted by atomic mass is 32.1. The van der Waals surface area contributed by atoms with Gasteiger partial charge in [-0.2, -0.15) is 0 Å². The molecule has 0 unspecified atom stereocenters. The lowest BCUT2D eigenvalue weighted by atomic mass is 10.1. The van der Waals surface area contributed by atoms with Gasteiger partial charge in [-0.25, -0.2) is 9.78 Å². The summed E-state index contributed by atoms with van der Waals surface area (Å²) in [4.78, 5) is 16.3. The third-order valence-electron chi connectivity index (χ3n) is 2.95. The molecule has 0 aliphatic rings. The Morgan fingerprint density at radius 1 is 1.25 bits per heavy atom. The molecule has 2 heterocycles. The molecule has 0 saturated heterocycles. The summed E-state index contributed by atoms with van der Waals surface area (Å²) < 4.78 is 5.25. The normalized spacial score (nSPS) is 10.7. The number of rotatable bonds is 3. The Kier molecular flexibility index (Phi) is 3.12. The van der Waals surface area contributed by atoms with Crippen molar-refractivity contribution in [1.29, 1.82) is 0 Å². The third-order valence-corrected chi connectivity index (χ3v) is 4.09. The molecule has 1 aromatic carbocycles. The highest BCUT2D eigenvalue weighted by Crippen LogP contribution is 2.36. The average Bonchev–Trinajstić information content (AvgIpc) is 3.05. The van der Waals surface area contributed by atoms with Gasteiger partial charge in [0.25, 0.3) is 0 Å². The topological polar surface area (TPSA) is 63.3 Å². The Bertz CT molecular complexity index is 759. The number of nitrogens with zero attached hydrogens (tertiary/aromatic N) is 1. The van der Waals surface area contributed by atoms with E-state index in [1.54, 1.807) is 12.3 Å². The van der Waals surface area contributed by atoms with E-state index < -0.39 is 5.97 Å². The fourth-order valence-corrected chi connectivity index (χ4v) is 3.11. The highest BCUT2D eigenvalue weighted by molar-refractivity contribution is 7.18. The van der Waals surface area contributed by atoms with Gasteiger partial charge in [-0.1, -0.05) is 30.3 Å². The molecule has 0 aliphatic carbocycles. The molecule has 0 saturated carbocycles. The van der Waals surface area contributed by atoms with Crippen LogP contribution in [0.3, 0.4) is 0 Å². The van der Waals surface area contributed by atoms with Crippen molar-refractivity contribution >= 4 is 17.3 Å². The molecule has 0 aliphatic heterocycles. The van der Waals surface area contributed by atoms with Gasteiger partial charge < -0.3 is 9.52 Å². The number of carboxylic acid groups (broad SMARTS) is 1. The van der Waals surface area contributed by atoms with Crippen LogP contribution in [0.2, 0.25) is 0 Å². The minimum atomic E-state index is -1.02. The summed E-state index contributed by atoms with van der Waals surface area (Å²) in [5, 5.41) is 9.99. The molecular weight excluding hydrogens is 274 g/mol. The second-order valence-corrected chi connectivity index (χ2v) is 5.26. The number of aryl methyl sites for hydroxylation is 1. The Morgan fingerprint density at radius 3 is 2.60 bits per heavy atom. The monoisotopic (exact) mass is 285 g/mol. The molecule has 3 rings (SSSR count). The van der Waals surface area contributed by atoms with Crippen molar-refractivity contribution in [3.8, 4) is 21.0 Å². The van der Waals surface area contributed by atoms with Gasteiger partial charge in [0, 0.05) is 0 Å². The standard InChI is InChI=1S/C15H11NO3S/c1-9-11(7-8-19-9)14-16-12(15(17)18)13(20-14)10-5-3-2-4-6-10/h2-8H,1H3,(H,17,18). The van der Waals surface area contributed by atoms with Crippen molar-refractivity contribution in [3.63, 3.8) is 0 Å². The van der Waals surface area contributed by atoms with Gasteiger partial charge in [0.1, 0.15) is 10.8 Å². The van der Waals surface area contributed by atoms with E-state index in [0.29, 0.717) is 9.88 Å². The quantitative estimate of drug-likeness (QED) is 0.787. The summed E-state index contributed by atoms with van der Waals surface area (Å²) >= 11 is 1.36. The van der Waals surface area contributed by atoms with Crippen molar-refractivity contribution in [2.24, 2.45) is 0 Å². The zero-order chi connectivity index (χ0) is 14.1. The molecule has 0 spiro atoms. The molecule has 0 fully saturated rings. The molecular formula is C15H11NO3S. The van der Waals surface area contributed by atoms with E-state index in [1.165, 1.54) is 11.3 Å². The predicted octanol–water partition coefficient (Wildman–Crippen LogP) is 4.08. The summed E-state index contributed by atoms with van der Waals surface area (Å²) in [6, 6.07) is 11.2. The Morgan fingerprint density at radius 2 is 2.00 bits per heavy atom. The minimum absolute atomic E-state index is 0.0804. The second-order valence-electron chi connectivity index (χ2n) is 4.26. The zero-order valence-corrected chi connectivity index (χ0v) is 11.5. The number of hydrogen-bond acceptors (Lipinski definition) is 4. The van der Waals surface area contributed by atoms with Crippen molar-refractivity contribution in [2.45, 2.75) is 6.92 Å². The number of carbonyl (C=O) groups is 1. The molecule has 2 aromatic heterocycles. The summed E-state index contributed by atoms with van der Waals surface area (Å²) in [5.41, 5.74) is 1.77. The van der Waals surface area contributed by atoms with Crippen LogP contribution in [0, 0.1) is 6.92 Å². The van der Waals surface area contributed by atoms with Crippen LogP contribution >= 0.6 is 11.3 Å². The first-order valence-electron chi connectivity index (χ1n) is 6.01. The predicted molar refractivity (Wildman–Crippen MR) is 76.9 cm³/mol. The van der Waals surface area contributed by atoms with Crippen LogP contribution in [0.1, 0.15) is 16.2 Å². The maximum atomic E-state index is 11.4. The van der Waals surface area contributed by atoms with E-state index in [1.807, 2.05) is 37.3 Å². The smallest absolute Gasteiger partial charge is 0.356 e. The van der Waals surface area contributed by atoms with Crippen molar-refractivity contribution in [3.05, 3.63) is 54.1 Å². The lowest BCUT2D eigenvalue weighted by Crippen LogP contribution is -1.98. The average molecular weight is 285 g/mol. The van der Waals surface area contributed by atoms with Crippen LogP contribution in [0.4, 0.5) is 0 Å². The third kappa shape index (κ3) is 2.12. The molecule has 4 nitrogen and oxygen atoms in total. The molecule has 5 heteroatoms. The van der Waals surface area contributed by atoms with Crippen molar-refractivity contribution in [1.82, 2.24) is 4.98 Å².